The number of nitrogens with two attached hydrogens (primary N) is 1. The fourth-order valence-corrected chi connectivity index (χ4v) is 3.27. The van der Waals surface area contributed by atoms with Crippen LogP contribution >= 0.6 is 0 Å². The van der Waals surface area contributed by atoms with E-state index in [1.54, 1.807) is 18.2 Å². The molecule has 3 heterocycles. The number of rotatable bonds is 2. The smallest absolute Gasteiger partial charge is 0.225 e. The Balaban J connectivity index is 2.09. The normalized spacial score (nSPS) is 30.6. The Morgan fingerprint density at radius 2 is 2.08 bits per heavy atom. The van der Waals surface area contributed by atoms with E-state index >= 15 is 0 Å². The summed E-state index contributed by atoms with van der Waals surface area (Å²) < 4.78 is 7.41. The van der Waals surface area contributed by atoms with Gasteiger partial charge in [-0.25, -0.2) is 4.52 Å². The van der Waals surface area contributed by atoms with E-state index in [2.05, 4.69) is 11.2 Å². The number of ether oxygens (including phenoxy) is 1. The van der Waals surface area contributed by atoms with Crippen LogP contribution in [0.5, 0.6) is 0 Å². The molecule has 7 nitrogen and oxygen atoms in total. The van der Waals surface area contributed by atoms with Gasteiger partial charge in [-0.15, -0.1) is 0 Å². The Bertz CT molecular complexity index is 804. The number of aromatic nitrogens is 2. The first-order chi connectivity index (χ1) is 11.2. The van der Waals surface area contributed by atoms with Crippen molar-refractivity contribution in [3.63, 3.8) is 0 Å². The third-order valence-electron chi connectivity index (χ3n) is 4.41. The zero-order valence-corrected chi connectivity index (χ0v) is 14.0. The minimum absolute atomic E-state index is 0.124. The largest absolute Gasteiger partial charge is 0.397 e. The molecule has 2 aromatic heterocycles. The van der Waals surface area contributed by atoms with Crippen molar-refractivity contribution in [3.8, 4) is 6.07 Å². The zero-order valence-electron chi connectivity index (χ0n) is 14.0. The fourth-order valence-electron chi connectivity index (χ4n) is 3.27. The third-order valence-corrected chi connectivity index (χ3v) is 4.41. The molecule has 1 saturated heterocycles. The Morgan fingerprint density at radius 1 is 1.38 bits per heavy atom. The summed E-state index contributed by atoms with van der Waals surface area (Å²) >= 11 is 0. The minimum atomic E-state index is -1.69. The van der Waals surface area contributed by atoms with Crippen LogP contribution in [0.25, 0.3) is 5.52 Å². The predicted molar refractivity (Wildman–Crippen MR) is 87.9 cm³/mol. The van der Waals surface area contributed by atoms with Crippen LogP contribution in [0.2, 0.25) is 0 Å². The van der Waals surface area contributed by atoms with Crippen LogP contribution in [-0.2, 0) is 10.3 Å². The van der Waals surface area contributed by atoms with Crippen molar-refractivity contribution in [2.45, 2.75) is 51.1 Å². The highest BCUT2D eigenvalue weighted by atomic mass is 16.6. The molecular formula is C17H22N4O3. The molecule has 1 aliphatic rings. The molecule has 0 amide bonds. The van der Waals surface area contributed by atoms with E-state index in [0.717, 1.165) is 0 Å². The number of nitriles is 1. The number of anilines is 1. The van der Waals surface area contributed by atoms with Gasteiger partial charge >= 0.3 is 0 Å². The average Bonchev–Trinajstić information content (AvgIpc) is 3.03. The molecular weight excluding hydrogens is 308 g/mol. The zero-order chi connectivity index (χ0) is 17.7. The van der Waals surface area contributed by atoms with Crippen molar-refractivity contribution in [2.24, 2.45) is 5.41 Å². The van der Waals surface area contributed by atoms with E-state index in [9.17, 15) is 15.5 Å². The summed E-state index contributed by atoms with van der Waals surface area (Å²) in [6.07, 6.45) is -1.16. The second-order valence-electron chi connectivity index (χ2n) is 7.51. The Morgan fingerprint density at radius 3 is 2.71 bits per heavy atom. The SMILES string of the molecule is CC(C)(C)C[C@H]1O[C@@](C#N)(c2ccc3c(N)ccnn23)C(O)[C@H]1O. The van der Waals surface area contributed by atoms with Crippen LogP contribution in [0.15, 0.2) is 24.4 Å². The standard InChI is InChI=1S/C17H22N4O3/c1-16(2,3)8-12-14(22)15(23)17(9-18,24-12)13-5-4-11-10(19)6-7-20-21(11)13/h4-7,12,14-15,22-23H,8,19H2,1-3H3/t12-,14+,15?,17+/m1/s1. The van der Waals surface area contributed by atoms with E-state index in [0.29, 0.717) is 23.3 Å². The van der Waals surface area contributed by atoms with Gasteiger partial charge in [0.25, 0.3) is 0 Å². The van der Waals surface area contributed by atoms with Crippen molar-refractivity contribution in [2.75, 3.05) is 5.73 Å². The van der Waals surface area contributed by atoms with E-state index in [4.69, 9.17) is 10.5 Å². The summed E-state index contributed by atoms with van der Waals surface area (Å²) in [4.78, 5) is 0. The number of hydrogen-bond acceptors (Lipinski definition) is 6. The third kappa shape index (κ3) is 2.44. The number of aliphatic hydroxyl groups is 2. The first kappa shape index (κ1) is 16.7. The molecule has 0 bridgehead atoms. The molecule has 4 atom stereocenters. The number of nitrogen functional groups attached to an aromatic ring is 1. The van der Waals surface area contributed by atoms with E-state index < -0.39 is 23.9 Å². The molecule has 24 heavy (non-hydrogen) atoms. The van der Waals surface area contributed by atoms with Crippen molar-refractivity contribution < 1.29 is 14.9 Å². The number of hydrogen-bond donors (Lipinski definition) is 3. The van der Waals surface area contributed by atoms with Crippen LogP contribution < -0.4 is 5.73 Å². The van der Waals surface area contributed by atoms with Gasteiger partial charge in [0.05, 0.1) is 23.0 Å². The lowest BCUT2D eigenvalue weighted by molar-refractivity contribution is -0.0597. The molecule has 0 saturated carbocycles. The van der Waals surface area contributed by atoms with Gasteiger partial charge in [0.15, 0.2) is 0 Å². The van der Waals surface area contributed by atoms with E-state index in [-0.39, 0.29) is 5.41 Å². The second-order valence-corrected chi connectivity index (χ2v) is 7.51. The lowest BCUT2D eigenvalue weighted by Gasteiger charge is -2.26. The lowest BCUT2D eigenvalue weighted by Crippen LogP contribution is -2.40. The monoisotopic (exact) mass is 330 g/mol. The first-order valence-electron chi connectivity index (χ1n) is 7.87. The van der Waals surface area contributed by atoms with Gasteiger partial charge in [0, 0.05) is 6.20 Å². The molecule has 0 aromatic carbocycles. The summed E-state index contributed by atoms with van der Waals surface area (Å²) in [7, 11) is 0. The molecule has 1 fully saturated rings. The van der Waals surface area contributed by atoms with Gasteiger partial charge in [-0.3, -0.25) is 0 Å². The van der Waals surface area contributed by atoms with Gasteiger partial charge in [-0.1, -0.05) is 20.8 Å². The van der Waals surface area contributed by atoms with Crippen molar-refractivity contribution >= 4 is 11.2 Å². The quantitative estimate of drug-likeness (QED) is 0.761. The van der Waals surface area contributed by atoms with Gasteiger partial charge in [0.2, 0.25) is 5.60 Å². The maximum Gasteiger partial charge on any atom is 0.225 e. The van der Waals surface area contributed by atoms with Crippen LogP contribution in [0, 0.1) is 16.7 Å². The average molecular weight is 330 g/mol. The van der Waals surface area contributed by atoms with E-state index in [1.165, 1.54) is 10.7 Å². The van der Waals surface area contributed by atoms with Crippen molar-refractivity contribution in [3.05, 3.63) is 30.1 Å². The molecule has 4 N–H and O–H groups in total. The number of nitrogens with zero attached hydrogens (tertiary/aromatic N) is 3. The highest BCUT2D eigenvalue weighted by Crippen LogP contribution is 2.43. The minimum Gasteiger partial charge on any atom is -0.397 e. The summed E-state index contributed by atoms with van der Waals surface area (Å²) in [5.41, 5.74) is 5.59. The molecule has 1 aliphatic heterocycles. The molecule has 2 aromatic rings. The van der Waals surface area contributed by atoms with Crippen LogP contribution in [-0.4, -0.2) is 38.1 Å². The highest BCUT2D eigenvalue weighted by molar-refractivity contribution is 5.69. The molecule has 0 radical (unpaired) electrons. The van der Waals surface area contributed by atoms with Crippen molar-refractivity contribution in [1.29, 1.82) is 5.26 Å². The Labute approximate surface area is 140 Å². The molecule has 128 valence electrons. The molecule has 1 unspecified atom stereocenters. The topological polar surface area (TPSA) is 117 Å². The van der Waals surface area contributed by atoms with Gasteiger partial charge < -0.3 is 20.7 Å². The summed E-state index contributed by atoms with van der Waals surface area (Å²) in [6.45, 7) is 6.03. The van der Waals surface area contributed by atoms with E-state index in [1.807, 2.05) is 20.8 Å². The second kappa shape index (κ2) is 5.45. The van der Waals surface area contributed by atoms with Crippen LogP contribution in [0.4, 0.5) is 5.69 Å². The number of fused-ring (bicyclic) bond motifs is 1. The maximum atomic E-state index is 10.6. The number of aliphatic hydroxyl groups excluding tert-OH is 2. The van der Waals surface area contributed by atoms with Crippen LogP contribution in [0.3, 0.4) is 0 Å². The summed E-state index contributed by atoms with van der Waals surface area (Å²) in [5, 5.41) is 35.1. The Kier molecular flexibility index (Phi) is 3.79. The summed E-state index contributed by atoms with van der Waals surface area (Å²) in [6, 6.07) is 7.08. The predicted octanol–water partition coefficient (Wildman–Crippen LogP) is 1.19. The van der Waals surface area contributed by atoms with Gasteiger partial charge in [0.1, 0.15) is 18.3 Å². The maximum absolute atomic E-state index is 10.6. The van der Waals surface area contributed by atoms with Gasteiger partial charge in [-0.2, -0.15) is 10.4 Å². The molecule has 7 heteroatoms. The Hall–Kier alpha value is -2.14. The molecule has 0 aliphatic carbocycles. The van der Waals surface area contributed by atoms with Crippen LogP contribution in [0.1, 0.15) is 32.9 Å². The van der Waals surface area contributed by atoms with Gasteiger partial charge in [-0.05, 0) is 30.0 Å². The van der Waals surface area contributed by atoms with Crippen molar-refractivity contribution in [1.82, 2.24) is 9.61 Å². The first-order valence-corrected chi connectivity index (χ1v) is 7.87. The summed E-state index contributed by atoms with van der Waals surface area (Å²) in [5.74, 6) is 0. The fraction of sp³-hybridized carbons (Fsp3) is 0.529. The molecule has 0 spiro atoms. The highest BCUT2D eigenvalue weighted by Gasteiger charge is 2.57. The molecule has 3 rings (SSSR count). The lowest BCUT2D eigenvalue weighted by atomic mass is 9.86.